The number of hydrogen-bond donors (Lipinski definition) is 2. The molecule has 2 N–H and O–H groups in total. The second-order valence-corrected chi connectivity index (χ2v) is 7.36. The Balaban J connectivity index is 1.40. The molecule has 1 aliphatic rings. The molecule has 1 amide bonds. The van der Waals surface area contributed by atoms with E-state index in [-0.39, 0.29) is 17.2 Å². The van der Waals surface area contributed by atoms with Gasteiger partial charge in [0.05, 0.1) is 13.2 Å². The Bertz CT molecular complexity index is 1080. The van der Waals surface area contributed by atoms with Crippen LogP contribution >= 0.6 is 0 Å². The number of amides is 1. The van der Waals surface area contributed by atoms with Gasteiger partial charge in [-0.05, 0) is 35.4 Å². The molecule has 0 radical (unpaired) electrons. The fourth-order valence-corrected chi connectivity index (χ4v) is 3.53. The fraction of sp³-hybridized carbons (Fsp3) is 0.261. The van der Waals surface area contributed by atoms with Gasteiger partial charge in [-0.25, -0.2) is 8.78 Å². The molecule has 0 spiro atoms. The number of rotatable bonds is 7. The monoisotopic (exact) mass is 439 g/mol. The minimum Gasteiger partial charge on any atom is -0.379 e. The van der Waals surface area contributed by atoms with Crippen LogP contribution < -0.4 is 5.32 Å². The highest BCUT2D eigenvalue weighted by molar-refractivity contribution is 6.02. The van der Waals surface area contributed by atoms with Crippen molar-refractivity contribution < 1.29 is 18.3 Å². The molecule has 1 aliphatic heterocycles. The predicted octanol–water partition coefficient (Wildman–Crippen LogP) is 3.89. The van der Waals surface area contributed by atoms with E-state index in [0.717, 1.165) is 38.4 Å². The van der Waals surface area contributed by atoms with Crippen LogP contribution in [0, 0.1) is 0 Å². The Morgan fingerprint density at radius 3 is 2.72 bits per heavy atom. The number of aromatic amines is 1. The van der Waals surface area contributed by atoms with Crippen LogP contribution in [-0.4, -0.2) is 52.3 Å². The number of benzene rings is 1. The van der Waals surface area contributed by atoms with E-state index in [2.05, 4.69) is 25.4 Å². The first kappa shape index (κ1) is 21.8. The number of anilines is 1. The first-order chi connectivity index (χ1) is 15.6. The summed E-state index contributed by atoms with van der Waals surface area (Å²) in [6.45, 7) is 4.18. The van der Waals surface area contributed by atoms with E-state index in [4.69, 9.17) is 4.74 Å². The van der Waals surface area contributed by atoms with Crippen LogP contribution in [0.25, 0.3) is 17.2 Å². The zero-order valence-corrected chi connectivity index (χ0v) is 17.3. The number of morpholine rings is 1. The van der Waals surface area contributed by atoms with Crippen molar-refractivity contribution in [2.45, 2.75) is 13.0 Å². The topological polar surface area (TPSA) is 83.1 Å². The highest BCUT2D eigenvalue weighted by Crippen LogP contribution is 2.31. The quantitative estimate of drug-likeness (QED) is 0.546. The van der Waals surface area contributed by atoms with Crippen molar-refractivity contribution in [3.63, 3.8) is 0 Å². The van der Waals surface area contributed by atoms with Gasteiger partial charge in [-0.2, -0.15) is 5.10 Å². The Hall–Kier alpha value is -3.43. The van der Waals surface area contributed by atoms with Gasteiger partial charge in [-0.3, -0.25) is 19.8 Å². The maximum atomic E-state index is 13.2. The summed E-state index contributed by atoms with van der Waals surface area (Å²) in [5.74, 6) is -0.331. The summed E-state index contributed by atoms with van der Waals surface area (Å²) in [6.07, 6.45) is 4.62. The molecule has 4 rings (SSSR count). The van der Waals surface area contributed by atoms with Crippen molar-refractivity contribution in [1.29, 1.82) is 0 Å². The Morgan fingerprint density at radius 2 is 1.97 bits per heavy atom. The Kier molecular flexibility index (Phi) is 6.98. The van der Waals surface area contributed by atoms with Crippen molar-refractivity contribution in [3.05, 3.63) is 71.8 Å². The van der Waals surface area contributed by atoms with Crippen LogP contribution in [0.15, 0.2) is 55.0 Å². The van der Waals surface area contributed by atoms with Gasteiger partial charge in [0.15, 0.2) is 0 Å². The highest BCUT2D eigenvalue weighted by Gasteiger charge is 2.19. The number of halogens is 2. The molecular formula is C23H23F2N5O2. The summed E-state index contributed by atoms with van der Waals surface area (Å²) in [4.78, 5) is 18.7. The van der Waals surface area contributed by atoms with Crippen LogP contribution in [0.2, 0.25) is 0 Å². The van der Waals surface area contributed by atoms with Gasteiger partial charge in [0.2, 0.25) is 5.91 Å². The minimum atomic E-state index is -2.71. The summed E-state index contributed by atoms with van der Waals surface area (Å²) < 4.78 is 31.8. The number of alkyl halides is 2. The van der Waals surface area contributed by atoms with E-state index in [1.54, 1.807) is 12.1 Å². The van der Waals surface area contributed by atoms with Crippen molar-refractivity contribution in [3.8, 4) is 11.1 Å². The fourth-order valence-electron chi connectivity index (χ4n) is 3.53. The molecule has 7 nitrogen and oxygen atoms in total. The summed E-state index contributed by atoms with van der Waals surface area (Å²) in [5, 5.41) is 8.90. The van der Waals surface area contributed by atoms with Gasteiger partial charge in [-0.15, -0.1) is 0 Å². The molecule has 3 aromatic rings. The third-order valence-corrected chi connectivity index (χ3v) is 5.16. The first-order valence-corrected chi connectivity index (χ1v) is 10.2. The SMILES string of the molecule is O=C(/C=C/c1cnccc1-c1c[nH]nc1C(F)F)Nc1ccc(CN2CCOCC2)cc1. The van der Waals surface area contributed by atoms with Gasteiger partial charge in [0.25, 0.3) is 6.43 Å². The number of ether oxygens (including phenoxy) is 1. The zero-order chi connectivity index (χ0) is 22.3. The molecule has 0 saturated carbocycles. The standard InChI is InChI=1S/C23H23F2N5O2/c24-23(25)22-20(14-27-29-22)19-7-8-26-13-17(19)3-6-21(31)28-18-4-1-16(2-5-18)15-30-9-11-32-12-10-30/h1-8,13-14,23H,9-12,15H2,(H,27,29)(H,28,31)/b6-3+. The molecule has 3 heterocycles. The molecule has 1 fully saturated rings. The molecule has 9 heteroatoms. The second kappa shape index (κ2) is 10.3. The van der Waals surface area contributed by atoms with Gasteiger partial charge >= 0.3 is 0 Å². The van der Waals surface area contributed by atoms with Crippen molar-refractivity contribution >= 4 is 17.7 Å². The van der Waals surface area contributed by atoms with Crippen LogP contribution in [0.3, 0.4) is 0 Å². The Labute approximate surface area is 184 Å². The third kappa shape index (κ3) is 5.43. The van der Waals surface area contributed by atoms with E-state index in [1.165, 1.54) is 24.7 Å². The lowest BCUT2D eigenvalue weighted by molar-refractivity contribution is -0.111. The molecule has 0 aliphatic carbocycles. The van der Waals surface area contributed by atoms with Crippen molar-refractivity contribution in [1.82, 2.24) is 20.1 Å². The van der Waals surface area contributed by atoms with Crippen molar-refractivity contribution in [2.24, 2.45) is 0 Å². The first-order valence-electron chi connectivity index (χ1n) is 10.2. The molecule has 0 bridgehead atoms. The van der Waals surface area contributed by atoms with Crippen LogP contribution in [0.4, 0.5) is 14.5 Å². The summed E-state index contributed by atoms with van der Waals surface area (Å²) in [7, 11) is 0. The van der Waals surface area contributed by atoms with E-state index in [0.29, 0.717) is 16.8 Å². The summed E-state index contributed by atoms with van der Waals surface area (Å²) >= 11 is 0. The molecule has 32 heavy (non-hydrogen) atoms. The van der Waals surface area contributed by atoms with Gasteiger partial charge in [0, 0.05) is 61.1 Å². The maximum Gasteiger partial charge on any atom is 0.282 e. The number of carbonyl (C=O) groups is 1. The normalized spacial score (nSPS) is 14.8. The van der Waals surface area contributed by atoms with Crippen molar-refractivity contribution in [2.75, 3.05) is 31.6 Å². The highest BCUT2D eigenvalue weighted by atomic mass is 19.3. The van der Waals surface area contributed by atoms with Gasteiger partial charge in [0.1, 0.15) is 5.69 Å². The molecule has 1 aromatic carbocycles. The van der Waals surface area contributed by atoms with E-state index < -0.39 is 6.43 Å². The number of carbonyl (C=O) groups excluding carboxylic acids is 1. The number of aromatic nitrogens is 3. The number of pyridine rings is 1. The smallest absolute Gasteiger partial charge is 0.282 e. The molecule has 0 unspecified atom stereocenters. The predicted molar refractivity (Wildman–Crippen MR) is 117 cm³/mol. The van der Waals surface area contributed by atoms with E-state index in [9.17, 15) is 13.6 Å². The van der Waals surface area contributed by atoms with Crippen LogP contribution in [-0.2, 0) is 16.1 Å². The third-order valence-electron chi connectivity index (χ3n) is 5.16. The van der Waals surface area contributed by atoms with E-state index >= 15 is 0 Å². The summed E-state index contributed by atoms with van der Waals surface area (Å²) in [5.41, 5.74) is 2.82. The molecule has 166 valence electrons. The number of nitrogens with one attached hydrogen (secondary N) is 2. The van der Waals surface area contributed by atoms with Crippen LogP contribution in [0.5, 0.6) is 0 Å². The lowest BCUT2D eigenvalue weighted by Gasteiger charge is -2.26. The molecule has 2 aromatic heterocycles. The minimum absolute atomic E-state index is 0.276. The zero-order valence-electron chi connectivity index (χ0n) is 17.3. The van der Waals surface area contributed by atoms with Gasteiger partial charge in [-0.1, -0.05) is 12.1 Å². The lowest BCUT2D eigenvalue weighted by atomic mass is 10.0. The van der Waals surface area contributed by atoms with Gasteiger partial charge < -0.3 is 10.1 Å². The largest absolute Gasteiger partial charge is 0.379 e. The number of hydrogen-bond acceptors (Lipinski definition) is 5. The molecular weight excluding hydrogens is 416 g/mol. The Morgan fingerprint density at radius 1 is 1.19 bits per heavy atom. The molecule has 1 saturated heterocycles. The number of nitrogens with zero attached hydrogens (tertiary/aromatic N) is 3. The van der Waals surface area contributed by atoms with Crippen LogP contribution in [0.1, 0.15) is 23.2 Å². The second-order valence-electron chi connectivity index (χ2n) is 7.36. The maximum absolute atomic E-state index is 13.2. The summed E-state index contributed by atoms with van der Waals surface area (Å²) in [6, 6.07) is 9.30. The molecule has 0 atom stereocenters. The average Bonchev–Trinajstić information content (AvgIpc) is 3.30. The average molecular weight is 439 g/mol. The van der Waals surface area contributed by atoms with E-state index in [1.807, 2.05) is 24.3 Å². The number of H-pyrrole nitrogens is 1. The lowest BCUT2D eigenvalue weighted by Crippen LogP contribution is -2.35.